The van der Waals surface area contributed by atoms with Crippen molar-refractivity contribution in [3.63, 3.8) is 0 Å². The van der Waals surface area contributed by atoms with Gasteiger partial charge in [-0.2, -0.15) is 0 Å². The number of carbonyl (C=O) groups is 1. The van der Waals surface area contributed by atoms with Gasteiger partial charge in [0.2, 0.25) is 5.91 Å². The predicted molar refractivity (Wildman–Crippen MR) is 95.9 cm³/mol. The average Bonchev–Trinajstić information content (AvgIpc) is 3.00. The molecule has 1 aliphatic rings. The number of aromatic nitrogens is 2. The van der Waals surface area contributed by atoms with Gasteiger partial charge in [0.1, 0.15) is 5.82 Å². The minimum Gasteiger partial charge on any atom is -0.342 e. The van der Waals surface area contributed by atoms with Crippen molar-refractivity contribution in [3.05, 3.63) is 53.6 Å². The summed E-state index contributed by atoms with van der Waals surface area (Å²) in [6, 6.07) is 8.58. The Balaban J connectivity index is 1.53. The van der Waals surface area contributed by atoms with E-state index in [1.54, 1.807) is 0 Å². The second kappa shape index (κ2) is 7.65. The van der Waals surface area contributed by atoms with Gasteiger partial charge in [-0.05, 0) is 44.2 Å². The van der Waals surface area contributed by atoms with Crippen molar-refractivity contribution in [2.45, 2.75) is 52.0 Å². The lowest BCUT2D eigenvalue weighted by atomic mass is 9.88. The highest BCUT2D eigenvalue weighted by Gasteiger charge is 2.25. The normalized spacial score (nSPS) is 17.9. The topological polar surface area (TPSA) is 38.1 Å². The molecule has 1 aliphatic heterocycles. The van der Waals surface area contributed by atoms with Crippen LogP contribution in [0.15, 0.2) is 36.7 Å². The van der Waals surface area contributed by atoms with Gasteiger partial charge in [0, 0.05) is 44.4 Å². The smallest absolute Gasteiger partial charge is 0.222 e. The van der Waals surface area contributed by atoms with Gasteiger partial charge in [0.15, 0.2) is 0 Å². The van der Waals surface area contributed by atoms with Crippen molar-refractivity contribution in [1.29, 1.82) is 0 Å². The zero-order chi connectivity index (χ0) is 16.9. The standard InChI is InChI=1S/C20H27N3O/c1-16-7-3-4-9-19(16)18-8-5-13-23(15-18)20(24)10-6-12-22-14-11-21-17(22)2/h3-4,7,9,11,14,18H,5-6,8,10,12-13,15H2,1-2H3/t18-/m0/s1. The van der Waals surface area contributed by atoms with Crippen LogP contribution in [0.2, 0.25) is 0 Å². The quantitative estimate of drug-likeness (QED) is 0.841. The second-order valence-corrected chi connectivity index (χ2v) is 6.81. The van der Waals surface area contributed by atoms with Crippen molar-refractivity contribution in [2.75, 3.05) is 13.1 Å². The number of nitrogens with zero attached hydrogens (tertiary/aromatic N) is 3. The maximum Gasteiger partial charge on any atom is 0.222 e. The lowest BCUT2D eigenvalue weighted by Crippen LogP contribution is -2.39. The zero-order valence-corrected chi connectivity index (χ0v) is 14.7. The molecule has 4 nitrogen and oxygen atoms in total. The largest absolute Gasteiger partial charge is 0.342 e. The van der Waals surface area contributed by atoms with Crippen LogP contribution in [0.4, 0.5) is 0 Å². The van der Waals surface area contributed by atoms with Crippen LogP contribution in [0.1, 0.15) is 48.6 Å². The molecule has 2 heterocycles. The van der Waals surface area contributed by atoms with Crippen molar-refractivity contribution in [2.24, 2.45) is 0 Å². The Morgan fingerprint density at radius 2 is 2.12 bits per heavy atom. The zero-order valence-electron chi connectivity index (χ0n) is 14.7. The van der Waals surface area contributed by atoms with Crippen LogP contribution in [0, 0.1) is 13.8 Å². The number of piperidine rings is 1. The predicted octanol–water partition coefficient (Wildman–Crippen LogP) is 3.69. The molecule has 0 N–H and O–H groups in total. The van der Waals surface area contributed by atoms with Gasteiger partial charge in [0.25, 0.3) is 0 Å². The van der Waals surface area contributed by atoms with E-state index < -0.39 is 0 Å². The third-order valence-corrected chi connectivity index (χ3v) is 5.12. The summed E-state index contributed by atoms with van der Waals surface area (Å²) in [6.07, 6.45) is 7.58. The molecular formula is C20H27N3O. The molecule has 3 rings (SSSR count). The minimum atomic E-state index is 0.297. The molecule has 0 spiro atoms. The summed E-state index contributed by atoms with van der Waals surface area (Å²) in [4.78, 5) is 18.9. The molecule has 1 amide bonds. The number of amides is 1. The number of imidazole rings is 1. The highest BCUT2D eigenvalue weighted by molar-refractivity contribution is 5.76. The molecule has 1 aromatic carbocycles. The molecule has 0 unspecified atom stereocenters. The molecule has 1 saturated heterocycles. The fourth-order valence-electron chi connectivity index (χ4n) is 3.70. The maximum absolute atomic E-state index is 12.6. The first-order valence-electron chi connectivity index (χ1n) is 8.96. The van der Waals surface area contributed by atoms with Crippen molar-refractivity contribution in [1.82, 2.24) is 14.5 Å². The van der Waals surface area contributed by atoms with Gasteiger partial charge >= 0.3 is 0 Å². The summed E-state index contributed by atoms with van der Waals surface area (Å²) in [6.45, 7) is 6.81. The van der Waals surface area contributed by atoms with E-state index in [1.807, 2.05) is 19.3 Å². The van der Waals surface area contributed by atoms with E-state index in [2.05, 4.69) is 45.6 Å². The third-order valence-electron chi connectivity index (χ3n) is 5.12. The highest BCUT2D eigenvalue weighted by Crippen LogP contribution is 2.29. The summed E-state index contributed by atoms with van der Waals surface area (Å²) in [5.74, 6) is 1.80. The van der Waals surface area contributed by atoms with Gasteiger partial charge in [-0.15, -0.1) is 0 Å². The summed E-state index contributed by atoms with van der Waals surface area (Å²) >= 11 is 0. The highest BCUT2D eigenvalue weighted by atomic mass is 16.2. The van der Waals surface area contributed by atoms with E-state index in [0.717, 1.165) is 38.3 Å². The number of hydrogen-bond donors (Lipinski definition) is 0. The SMILES string of the molecule is Cc1ccccc1[C@H]1CCCN(C(=O)CCCn2ccnc2C)C1. The van der Waals surface area contributed by atoms with E-state index in [1.165, 1.54) is 17.5 Å². The van der Waals surface area contributed by atoms with Crippen LogP contribution < -0.4 is 0 Å². The lowest BCUT2D eigenvalue weighted by molar-refractivity contribution is -0.132. The first-order chi connectivity index (χ1) is 11.6. The van der Waals surface area contributed by atoms with E-state index >= 15 is 0 Å². The minimum absolute atomic E-state index is 0.297. The molecule has 0 aliphatic carbocycles. The first kappa shape index (κ1) is 16.7. The summed E-state index contributed by atoms with van der Waals surface area (Å²) in [5.41, 5.74) is 2.75. The summed E-state index contributed by atoms with van der Waals surface area (Å²) in [5, 5.41) is 0. The molecule has 0 saturated carbocycles. The molecule has 2 aromatic rings. The van der Waals surface area contributed by atoms with Gasteiger partial charge in [-0.1, -0.05) is 24.3 Å². The molecular weight excluding hydrogens is 298 g/mol. The molecule has 24 heavy (non-hydrogen) atoms. The monoisotopic (exact) mass is 325 g/mol. The van der Waals surface area contributed by atoms with E-state index in [9.17, 15) is 4.79 Å². The summed E-state index contributed by atoms with van der Waals surface area (Å²) < 4.78 is 2.11. The van der Waals surface area contributed by atoms with E-state index in [4.69, 9.17) is 0 Å². The van der Waals surface area contributed by atoms with Gasteiger partial charge in [0.05, 0.1) is 0 Å². The Bertz CT molecular complexity index is 692. The van der Waals surface area contributed by atoms with Gasteiger partial charge in [-0.3, -0.25) is 4.79 Å². The number of aryl methyl sites for hydroxylation is 3. The van der Waals surface area contributed by atoms with Crippen LogP contribution >= 0.6 is 0 Å². The van der Waals surface area contributed by atoms with Gasteiger partial charge < -0.3 is 9.47 Å². The van der Waals surface area contributed by atoms with Crippen LogP contribution in [-0.4, -0.2) is 33.4 Å². The van der Waals surface area contributed by atoms with Crippen molar-refractivity contribution >= 4 is 5.91 Å². The Hall–Kier alpha value is -2.10. The second-order valence-electron chi connectivity index (χ2n) is 6.81. The number of rotatable bonds is 5. The fourth-order valence-corrected chi connectivity index (χ4v) is 3.70. The van der Waals surface area contributed by atoms with Crippen LogP contribution in [0.3, 0.4) is 0 Å². The number of benzene rings is 1. The fraction of sp³-hybridized carbons (Fsp3) is 0.500. The average molecular weight is 325 g/mol. The van der Waals surface area contributed by atoms with Crippen LogP contribution in [0.25, 0.3) is 0 Å². The van der Waals surface area contributed by atoms with E-state index in [0.29, 0.717) is 18.2 Å². The van der Waals surface area contributed by atoms with E-state index in [-0.39, 0.29) is 0 Å². The first-order valence-corrected chi connectivity index (χ1v) is 8.96. The molecule has 128 valence electrons. The number of likely N-dealkylation sites (tertiary alicyclic amines) is 1. The summed E-state index contributed by atoms with van der Waals surface area (Å²) in [7, 11) is 0. The molecule has 1 atom stereocenters. The molecule has 0 radical (unpaired) electrons. The van der Waals surface area contributed by atoms with Crippen molar-refractivity contribution < 1.29 is 4.79 Å². The lowest BCUT2D eigenvalue weighted by Gasteiger charge is -2.34. The molecule has 0 bridgehead atoms. The third kappa shape index (κ3) is 3.86. The maximum atomic E-state index is 12.6. The Labute approximate surface area is 144 Å². The molecule has 1 fully saturated rings. The Kier molecular flexibility index (Phi) is 5.34. The van der Waals surface area contributed by atoms with Gasteiger partial charge in [-0.25, -0.2) is 4.98 Å². The number of hydrogen-bond acceptors (Lipinski definition) is 2. The molecule has 1 aromatic heterocycles. The Morgan fingerprint density at radius 1 is 1.29 bits per heavy atom. The number of carbonyl (C=O) groups excluding carboxylic acids is 1. The van der Waals surface area contributed by atoms with Crippen molar-refractivity contribution in [3.8, 4) is 0 Å². The van der Waals surface area contributed by atoms with Crippen LogP contribution in [-0.2, 0) is 11.3 Å². The Morgan fingerprint density at radius 3 is 2.88 bits per heavy atom. The molecule has 4 heteroatoms. The van der Waals surface area contributed by atoms with Crippen LogP contribution in [0.5, 0.6) is 0 Å².